The molecule has 0 aliphatic heterocycles. The maximum Gasteiger partial charge on any atom is 0.357 e. The van der Waals surface area contributed by atoms with Gasteiger partial charge in [-0.25, -0.2) is 0 Å². The van der Waals surface area contributed by atoms with Gasteiger partial charge in [0.15, 0.2) is 0 Å². The Hall–Kier alpha value is 0.830. The lowest BCUT2D eigenvalue weighted by molar-refractivity contribution is 0.387. The molecule has 0 radical (unpaired) electrons. The smallest absolute Gasteiger partial charge is 0.321 e. The molecular weight excluding hydrogens is 405 g/mol. The lowest BCUT2D eigenvalue weighted by Crippen LogP contribution is -2.09. The summed E-state index contributed by atoms with van der Waals surface area (Å²) in [5.74, 6) is 0. The minimum atomic E-state index is -4.09. The van der Waals surface area contributed by atoms with E-state index in [9.17, 15) is 4.57 Å². The summed E-state index contributed by atoms with van der Waals surface area (Å²) >= 11 is 3.97. The van der Waals surface area contributed by atoms with E-state index in [2.05, 4.69) is 0 Å². The highest BCUT2D eigenvalue weighted by molar-refractivity contribution is 14.1. The van der Waals surface area contributed by atoms with Crippen molar-refractivity contribution in [1.29, 1.82) is 0 Å². The molecular formula is C6H5I2O3P. The predicted molar refractivity (Wildman–Crippen MR) is 63.6 cm³/mol. The average molecular weight is 410 g/mol. The van der Waals surface area contributed by atoms with Gasteiger partial charge in [-0.15, -0.1) is 0 Å². The van der Waals surface area contributed by atoms with Crippen molar-refractivity contribution in [2.75, 3.05) is 0 Å². The first-order chi connectivity index (χ1) is 5.43. The van der Waals surface area contributed by atoms with Crippen molar-refractivity contribution >= 4 is 58.1 Å². The van der Waals surface area contributed by atoms with Crippen molar-refractivity contribution in [3.63, 3.8) is 0 Å². The Kier molecular flexibility index (Phi) is 3.56. The first-order valence-corrected chi connectivity index (χ1v) is 6.70. The summed E-state index contributed by atoms with van der Waals surface area (Å²) in [6.07, 6.45) is 0. The lowest BCUT2D eigenvalue weighted by Gasteiger charge is -2.06. The van der Waals surface area contributed by atoms with Crippen molar-refractivity contribution in [2.24, 2.45) is 0 Å². The van der Waals surface area contributed by atoms with Gasteiger partial charge < -0.3 is 9.79 Å². The van der Waals surface area contributed by atoms with Gasteiger partial charge in [-0.2, -0.15) is 0 Å². The topological polar surface area (TPSA) is 57.5 Å². The number of halogens is 2. The second-order valence-corrected chi connectivity index (χ2v) is 5.93. The van der Waals surface area contributed by atoms with Crippen LogP contribution in [0, 0.1) is 7.14 Å². The van der Waals surface area contributed by atoms with Gasteiger partial charge >= 0.3 is 7.60 Å². The van der Waals surface area contributed by atoms with Gasteiger partial charge in [-0.1, -0.05) is 6.07 Å². The summed E-state index contributed by atoms with van der Waals surface area (Å²) < 4.78 is 12.4. The molecule has 0 atom stereocenters. The van der Waals surface area contributed by atoms with Crippen LogP contribution in [-0.2, 0) is 4.57 Å². The highest BCUT2D eigenvalue weighted by Crippen LogP contribution is 2.35. The predicted octanol–water partition coefficient (Wildman–Crippen LogP) is 1.70. The molecule has 0 bridgehead atoms. The summed E-state index contributed by atoms with van der Waals surface area (Å²) in [6.45, 7) is 0. The largest absolute Gasteiger partial charge is 0.357 e. The molecule has 0 spiro atoms. The number of hydrogen-bond acceptors (Lipinski definition) is 1. The van der Waals surface area contributed by atoms with Gasteiger partial charge in [0, 0.05) is 7.14 Å². The third-order valence-electron chi connectivity index (χ3n) is 1.25. The van der Waals surface area contributed by atoms with Crippen LogP contribution >= 0.6 is 52.8 Å². The molecule has 1 aromatic carbocycles. The highest BCUT2D eigenvalue weighted by Gasteiger charge is 2.20. The Labute approximate surface area is 97.0 Å². The molecule has 3 nitrogen and oxygen atoms in total. The zero-order chi connectivity index (χ0) is 9.35. The van der Waals surface area contributed by atoms with Crippen molar-refractivity contribution in [2.45, 2.75) is 0 Å². The Morgan fingerprint density at radius 3 is 2.25 bits per heavy atom. The Morgan fingerprint density at radius 2 is 1.83 bits per heavy atom. The molecule has 0 aromatic heterocycles. The molecule has 0 saturated heterocycles. The van der Waals surface area contributed by atoms with E-state index in [1.54, 1.807) is 6.07 Å². The fraction of sp³-hybridized carbons (Fsp3) is 0. The molecule has 1 aromatic rings. The molecule has 2 N–H and O–H groups in total. The Balaban J connectivity index is 3.36. The number of rotatable bonds is 1. The van der Waals surface area contributed by atoms with Crippen LogP contribution in [0.2, 0.25) is 0 Å². The van der Waals surface area contributed by atoms with E-state index in [1.807, 2.05) is 51.2 Å². The van der Waals surface area contributed by atoms with Crippen LogP contribution in [0.15, 0.2) is 18.2 Å². The third-order valence-corrected chi connectivity index (χ3v) is 5.77. The van der Waals surface area contributed by atoms with Gasteiger partial charge in [0.05, 0.1) is 5.30 Å². The quantitative estimate of drug-likeness (QED) is 0.548. The molecule has 1 rings (SSSR count). The summed E-state index contributed by atoms with van der Waals surface area (Å²) in [5.41, 5.74) is 0. The first-order valence-electron chi connectivity index (χ1n) is 2.93. The van der Waals surface area contributed by atoms with Gasteiger partial charge in [0.1, 0.15) is 0 Å². The van der Waals surface area contributed by atoms with Crippen LogP contribution in [0.3, 0.4) is 0 Å². The van der Waals surface area contributed by atoms with Crippen LogP contribution in [-0.4, -0.2) is 9.79 Å². The summed E-state index contributed by atoms with van der Waals surface area (Å²) in [7, 11) is -4.09. The summed E-state index contributed by atoms with van der Waals surface area (Å²) in [4.78, 5) is 17.8. The van der Waals surface area contributed by atoms with E-state index >= 15 is 0 Å². The van der Waals surface area contributed by atoms with Gasteiger partial charge in [0.2, 0.25) is 0 Å². The van der Waals surface area contributed by atoms with E-state index < -0.39 is 7.60 Å². The van der Waals surface area contributed by atoms with Crippen molar-refractivity contribution in [1.82, 2.24) is 0 Å². The monoisotopic (exact) mass is 410 g/mol. The van der Waals surface area contributed by atoms with Crippen molar-refractivity contribution in [3.05, 3.63) is 25.3 Å². The van der Waals surface area contributed by atoms with Crippen LogP contribution in [0.1, 0.15) is 0 Å². The maximum atomic E-state index is 10.9. The first kappa shape index (κ1) is 10.9. The van der Waals surface area contributed by atoms with Crippen molar-refractivity contribution < 1.29 is 14.4 Å². The van der Waals surface area contributed by atoms with E-state index in [4.69, 9.17) is 9.79 Å². The second-order valence-electron chi connectivity index (χ2n) is 2.12. The van der Waals surface area contributed by atoms with E-state index in [-0.39, 0.29) is 5.30 Å². The molecule has 0 heterocycles. The van der Waals surface area contributed by atoms with Crippen LogP contribution in [0.4, 0.5) is 0 Å². The zero-order valence-electron chi connectivity index (χ0n) is 5.74. The Bertz CT molecular complexity index is 347. The number of hydrogen-bond donors (Lipinski definition) is 2. The second kappa shape index (κ2) is 3.91. The minimum Gasteiger partial charge on any atom is -0.321 e. The van der Waals surface area contributed by atoms with Crippen molar-refractivity contribution in [3.8, 4) is 0 Å². The standard InChI is InChI=1S/C6H5I2O3P/c7-4-2-1-3-5(6(4)8)12(9,10)11/h1-3H,(H2,9,10,11). The highest BCUT2D eigenvalue weighted by atomic mass is 127. The van der Waals surface area contributed by atoms with Crippen LogP contribution in [0.25, 0.3) is 0 Å². The van der Waals surface area contributed by atoms with Gasteiger partial charge in [-0.05, 0) is 57.3 Å². The fourth-order valence-electron chi connectivity index (χ4n) is 0.717. The van der Waals surface area contributed by atoms with E-state index in [0.29, 0.717) is 3.57 Å². The molecule has 0 amide bonds. The maximum absolute atomic E-state index is 10.9. The van der Waals surface area contributed by atoms with Crippen LogP contribution in [0.5, 0.6) is 0 Å². The molecule has 66 valence electrons. The summed E-state index contributed by atoms with van der Waals surface area (Å²) in [5, 5.41) is 0.106. The normalized spacial score (nSPS) is 11.7. The minimum absolute atomic E-state index is 0.106. The zero-order valence-corrected chi connectivity index (χ0v) is 10.9. The van der Waals surface area contributed by atoms with Gasteiger partial charge in [-0.3, -0.25) is 4.57 Å². The summed E-state index contributed by atoms with van der Waals surface area (Å²) in [6, 6.07) is 4.89. The molecule has 6 heteroatoms. The molecule has 0 unspecified atom stereocenters. The van der Waals surface area contributed by atoms with E-state index in [1.165, 1.54) is 6.07 Å². The molecule has 0 saturated carbocycles. The fourth-order valence-corrected chi connectivity index (χ4v) is 3.39. The van der Waals surface area contributed by atoms with E-state index in [0.717, 1.165) is 3.57 Å². The third kappa shape index (κ3) is 2.41. The lowest BCUT2D eigenvalue weighted by atomic mass is 10.4. The molecule has 0 aliphatic carbocycles. The Morgan fingerprint density at radius 1 is 1.25 bits per heavy atom. The molecule has 12 heavy (non-hydrogen) atoms. The SMILES string of the molecule is O=P(O)(O)c1cccc(I)c1I. The number of benzene rings is 1. The van der Waals surface area contributed by atoms with Crippen LogP contribution < -0.4 is 5.30 Å². The average Bonchev–Trinajstić information content (AvgIpc) is 1.92. The molecule has 0 fully saturated rings. The molecule has 0 aliphatic rings. The van der Waals surface area contributed by atoms with Gasteiger partial charge in [0.25, 0.3) is 0 Å².